The van der Waals surface area contributed by atoms with Gasteiger partial charge in [-0.2, -0.15) is 0 Å². The first kappa shape index (κ1) is 14.4. The van der Waals surface area contributed by atoms with E-state index in [0.717, 1.165) is 28.3 Å². The zero-order chi connectivity index (χ0) is 15.7. The molecule has 0 bridgehead atoms. The number of rotatable bonds is 4. The van der Waals surface area contributed by atoms with Gasteiger partial charge in [0.1, 0.15) is 11.5 Å². The number of fused-ring (bicyclic) bond motifs is 1. The maximum absolute atomic E-state index is 12.6. The molecule has 3 rings (SSSR count). The summed E-state index contributed by atoms with van der Waals surface area (Å²) in [5, 5.41) is 2.96. The zero-order valence-electron chi connectivity index (χ0n) is 13.0. The molecule has 1 amide bonds. The smallest absolute Gasteiger partial charge is 0.235 e. The number of carbonyl (C=O) groups excluding carboxylic acids is 1. The van der Waals surface area contributed by atoms with Crippen LogP contribution < -0.4 is 14.8 Å². The monoisotopic (exact) mass is 297 g/mol. The Kier molecular flexibility index (Phi) is 3.53. The van der Waals surface area contributed by atoms with Gasteiger partial charge in [0.2, 0.25) is 5.91 Å². The van der Waals surface area contributed by atoms with Crippen LogP contribution in [-0.2, 0) is 16.6 Å². The van der Waals surface area contributed by atoms with Gasteiger partial charge in [-0.3, -0.25) is 4.79 Å². The van der Waals surface area contributed by atoms with E-state index in [0.29, 0.717) is 6.42 Å². The Balaban J connectivity index is 2.04. The van der Waals surface area contributed by atoms with E-state index in [1.165, 1.54) is 0 Å². The topological polar surface area (TPSA) is 47.6 Å². The Hall–Kier alpha value is -2.49. The van der Waals surface area contributed by atoms with Crippen LogP contribution in [0.3, 0.4) is 0 Å². The maximum atomic E-state index is 12.6. The Morgan fingerprint density at radius 3 is 2.59 bits per heavy atom. The van der Waals surface area contributed by atoms with Crippen LogP contribution >= 0.6 is 0 Å². The van der Waals surface area contributed by atoms with Crippen molar-refractivity contribution in [1.29, 1.82) is 0 Å². The highest BCUT2D eigenvalue weighted by Crippen LogP contribution is 2.42. The molecule has 0 spiro atoms. The van der Waals surface area contributed by atoms with E-state index in [-0.39, 0.29) is 5.91 Å². The summed E-state index contributed by atoms with van der Waals surface area (Å²) in [5.74, 6) is 1.55. The summed E-state index contributed by atoms with van der Waals surface area (Å²) < 4.78 is 10.7. The van der Waals surface area contributed by atoms with Gasteiger partial charge in [-0.1, -0.05) is 18.2 Å². The second-order valence-electron chi connectivity index (χ2n) is 5.69. The number of anilines is 1. The Morgan fingerprint density at radius 1 is 1.09 bits per heavy atom. The Morgan fingerprint density at radius 2 is 1.86 bits per heavy atom. The third-order valence-electron chi connectivity index (χ3n) is 4.31. The number of hydrogen-bond donors (Lipinski definition) is 1. The minimum atomic E-state index is -0.640. The van der Waals surface area contributed by atoms with Crippen molar-refractivity contribution < 1.29 is 14.3 Å². The molecule has 2 aromatic carbocycles. The molecular formula is C18H19NO3. The predicted octanol–water partition coefficient (Wildman–Crippen LogP) is 3.16. The van der Waals surface area contributed by atoms with Crippen molar-refractivity contribution in [3.63, 3.8) is 0 Å². The molecule has 1 aliphatic rings. The fourth-order valence-corrected chi connectivity index (χ4v) is 3.00. The number of ether oxygens (including phenoxy) is 2. The lowest BCUT2D eigenvalue weighted by Crippen LogP contribution is -2.33. The van der Waals surface area contributed by atoms with Crippen LogP contribution in [-0.4, -0.2) is 20.1 Å². The van der Waals surface area contributed by atoms with Crippen LogP contribution in [0, 0.1) is 0 Å². The lowest BCUT2D eigenvalue weighted by atomic mass is 9.78. The molecule has 114 valence electrons. The van der Waals surface area contributed by atoms with E-state index >= 15 is 0 Å². The molecule has 0 radical (unpaired) electrons. The van der Waals surface area contributed by atoms with Gasteiger partial charge in [0.15, 0.2) is 0 Å². The molecule has 0 saturated heterocycles. The molecule has 2 aromatic rings. The van der Waals surface area contributed by atoms with E-state index < -0.39 is 5.41 Å². The van der Waals surface area contributed by atoms with Crippen molar-refractivity contribution in [3.05, 3.63) is 53.6 Å². The molecule has 0 fully saturated rings. The van der Waals surface area contributed by atoms with Crippen LogP contribution in [0.15, 0.2) is 42.5 Å². The number of nitrogens with one attached hydrogen (secondary N) is 1. The molecule has 4 heteroatoms. The van der Waals surface area contributed by atoms with Crippen molar-refractivity contribution >= 4 is 11.6 Å². The number of benzene rings is 2. The molecule has 4 nitrogen and oxygen atoms in total. The fraction of sp³-hybridized carbons (Fsp3) is 0.278. The van der Waals surface area contributed by atoms with E-state index in [2.05, 4.69) is 5.32 Å². The van der Waals surface area contributed by atoms with E-state index in [4.69, 9.17) is 9.47 Å². The normalized spacial score (nSPS) is 19.5. The first-order chi connectivity index (χ1) is 10.6. The average molecular weight is 297 g/mol. The standard InChI is InChI=1S/C18H19NO3/c1-18(11-12-6-4-5-7-16(12)22-3)14-10-13(21-2)8-9-15(14)19-17(18)20/h4-10H,11H2,1-3H3,(H,19,20). The predicted molar refractivity (Wildman–Crippen MR) is 85.7 cm³/mol. The molecule has 1 unspecified atom stereocenters. The summed E-state index contributed by atoms with van der Waals surface area (Å²) in [7, 11) is 3.27. The number of carbonyl (C=O) groups is 1. The Labute approximate surface area is 130 Å². The van der Waals surface area contributed by atoms with Crippen molar-refractivity contribution in [1.82, 2.24) is 0 Å². The quantitative estimate of drug-likeness (QED) is 0.943. The summed E-state index contributed by atoms with van der Waals surface area (Å²) in [5.41, 5.74) is 2.18. The van der Waals surface area contributed by atoms with Crippen molar-refractivity contribution in [3.8, 4) is 11.5 Å². The molecule has 1 heterocycles. The van der Waals surface area contributed by atoms with Crippen LogP contribution in [0.25, 0.3) is 0 Å². The Bertz CT molecular complexity index is 726. The molecular weight excluding hydrogens is 278 g/mol. The van der Waals surface area contributed by atoms with E-state index in [9.17, 15) is 4.79 Å². The van der Waals surface area contributed by atoms with Gasteiger partial charge in [-0.15, -0.1) is 0 Å². The van der Waals surface area contributed by atoms with Crippen LogP contribution in [0.4, 0.5) is 5.69 Å². The summed E-state index contributed by atoms with van der Waals surface area (Å²) in [6, 6.07) is 13.5. The van der Waals surface area contributed by atoms with Crippen molar-refractivity contribution in [2.24, 2.45) is 0 Å². The highest BCUT2D eigenvalue weighted by Gasteiger charge is 2.43. The van der Waals surface area contributed by atoms with Gasteiger partial charge in [0.25, 0.3) is 0 Å². The number of methoxy groups -OCH3 is 2. The van der Waals surface area contributed by atoms with Crippen molar-refractivity contribution in [2.75, 3.05) is 19.5 Å². The van der Waals surface area contributed by atoms with Gasteiger partial charge >= 0.3 is 0 Å². The van der Waals surface area contributed by atoms with Crippen LogP contribution in [0.5, 0.6) is 11.5 Å². The van der Waals surface area contributed by atoms with Crippen molar-refractivity contribution in [2.45, 2.75) is 18.8 Å². The summed E-state index contributed by atoms with van der Waals surface area (Å²) in [4.78, 5) is 12.6. The van der Waals surface area contributed by atoms with Crippen LogP contribution in [0.1, 0.15) is 18.1 Å². The minimum Gasteiger partial charge on any atom is -0.497 e. The maximum Gasteiger partial charge on any atom is 0.235 e. The fourth-order valence-electron chi connectivity index (χ4n) is 3.00. The summed E-state index contributed by atoms with van der Waals surface area (Å²) in [6.45, 7) is 1.96. The molecule has 1 atom stereocenters. The molecule has 22 heavy (non-hydrogen) atoms. The van der Waals surface area contributed by atoms with Gasteiger partial charge < -0.3 is 14.8 Å². The first-order valence-corrected chi connectivity index (χ1v) is 7.20. The summed E-state index contributed by atoms with van der Waals surface area (Å²) >= 11 is 0. The largest absolute Gasteiger partial charge is 0.497 e. The van der Waals surface area contributed by atoms with Gasteiger partial charge in [-0.05, 0) is 48.7 Å². The minimum absolute atomic E-state index is 0.00154. The third-order valence-corrected chi connectivity index (χ3v) is 4.31. The molecule has 1 N–H and O–H groups in total. The van der Waals surface area contributed by atoms with E-state index in [1.54, 1.807) is 14.2 Å². The molecule has 0 aliphatic carbocycles. The van der Waals surface area contributed by atoms with Gasteiger partial charge in [0, 0.05) is 5.69 Å². The molecule has 0 saturated carbocycles. The zero-order valence-corrected chi connectivity index (χ0v) is 13.0. The lowest BCUT2D eigenvalue weighted by Gasteiger charge is -2.23. The van der Waals surface area contributed by atoms with Crippen LogP contribution in [0.2, 0.25) is 0 Å². The van der Waals surface area contributed by atoms with Gasteiger partial charge in [-0.25, -0.2) is 0 Å². The highest BCUT2D eigenvalue weighted by atomic mass is 16.5. The first-order valence-electron chi connectivity index (χ1n) is 7.20. The molecule has 1 aliphatic heterocycles. The molecule has 0 aromatic heterocycles. The van der Waals surface area contributed by atoms with E-state index in [1.807, 2.05) is 49.4 Å². The highest BCUT2D eigenvalue weighted by molar-refractivity contribution is 6.06. The average Bonchev–Trinajstić information content (AvgIpc) is 2.78. The van der Waals surface area contributed by atoms with Gasteiger partial charge in [0.05, 0.1) is 19.6 Å². The number of para-hydroxylation sites is 1. The second kappa shape index (κ2) is 5.37. The summed E-state index contributed by atoms with van der Waals surface area (Å²) in [6.07, 6.45) is 0.572. The number of hydrogen-bond acceptors (Lipinski definition) is 3. The third kappa shape index (κ3) is 2.21. The number of amides is 1. The second-order valence-corrected chi connectivity index (χ2v) is 5.69. The lowest BCUT2D eigenvalue weighted by molar-refractivity contribution is -0.120. The SMILES string of the molecule is COc1ccc2c(c1)C(C)(Cc1ccccc1OC)C(=O)N2.